The Labute approximate surface area is 195 Å². The number of likely N-dealkylation sites (tertiary alicyclic amines) is 1. The highest BCUT2D eigenvalue weighted by Crippen LogP contribution is 2.32. The van der Waals surface area contributed by atoms with E-state index in [-0.39, 0.29) is 11.7 Å². The minimum atomic E-state index is -0.191. The largest absolute Gasteiger partial charge is 0.497 e. The highest BCUT2D eigenvalue weighted by atomic mass is 19.1. The minimum Gasteiger partial charge on any atom is -0.497 e. The number of piperidine rings is 1. The molecule has 3 aromatic rings. The maximum Gasteiger partial charge on any atom is 0.224 e. The number of anilines is 1. The number of carbonyl (C=O) groups is 1. The second-order valence-electron chi connectivity index (χ2n) is 8.68. The number of carbonyl (C=O) groups excluding carboxylic acids is 1. The summed E-state index contributed by atoms with van der Waals surface area (Å²) < 4.78 is 18.4. The van der Waals surface area contributed by atoms with Crippen LogP contribution in [0.4, 0.5) is 10.1 Å². The lowest BCUT2D eigenvalue weighted by molar-refractivity contribution is -0.116. The monoisotopic (exact) mass is 446 g/mol. The van der Waals surface area contributed by atoms with Crippen molar-refractivity contribution in [3.05, 3.63) is 95.3 Å². The fourth-order valence-corrected chi connectivity index (χ4v) is 4.64. The van der Waals surface area contributed by atoms with Crippen LogP contribution in [0.3, 0.4) is 0 Å². The summed E-state index contributed by atoms with van der Waals surface area (Å²) >= 11 is 0. The van der Waals surface area contributed by atoms with Crippen molar-refractivity contribution < 1.29 is 13.9 Å². The standard InChI is InChI=1S/C28H31FN2O2/c1-21(32)31(26-11-13-27(33-2)14-12-26)20-24-5-3-4-6-28(24)23-15-17-30(18-16-23)19-22-7-9-25(29)10-8-22/h3-14,23H,15-20H2,1-2H3. The lowest BCUT2D eigenvalue weighted by atomic mass is 9.86. The molecule has 1 heterocycles. The quantitative estimate of drug-likeness (QED) is 0.462. The SMILES string of the molecule is COc1ccc(N(Cc2ccccc2C2CCN(Cc3ccc(F)cc3)CC2)C(C)=O)cc1. The maximum absolute atomic E-state index is 13.2. The van der Waals surface area contributed by atoms with Crippen molar-refractivity contribution in [2.75, 3.05) is 25.1 Å². The predicted octanol–water partition coefficient (Wildman–Crippen LogP) is 5.77. The molecule has 4 nitrogen and oxygen atoms in total. The van der Waals surface area contributed by atoms with E-state index in [0.29, 0.717) is 12.5 Å². The van der Waals surface area contributed by atoms with Gasteiger partial charge >= 0.3 is 0 Å². The number of ether oxygens (including phenoxy) is 1. The molecule has 33 heavy (non-hydrogen) atoms. The first-order chi connectivity index (χ1) is 16.0. The van der Waals surface area contributed by atoms with Crippen molar-refractivity contribution >= 4 is 11.6 Å². The highest BCUT2D eigenvalue weighted by molar-refractivity contribution is 5.91. The van der Waals surface area contributed by atoms with Gasteiger partial charge < -0.3 is 9.64 Å². The molecule has 172 valence electrons. The zero-order chi connectivity index (χ0) is 23.2. The summed E-state index contributed by atoms with van der Waals surface area (Å²) in [5, 5.41) is 0. The molecule has 0 aromatic heterocycles. The maximum atomic E-state index is 13.2. The molecule has 0 spiro atoms. The molecule has 4 rings (SSSR count). The van der Waals surface area contributed by atoms with Crippen LogP contribution in [0.1, 0.15) is 42.4 Å². The Morgan fingerprint density at radius 2 is 1.67 bits per heavy atom. The third-order valence-corrected chi connectivity index (χ3v) is 6.49. The molecule has 0 unspecified atom stereocenters. The number of halogens is 1. The second kappa shape index (κ2) is 10.6. The number of benzene rings is 3. The molecule has 1 amide bonds. The highest BCUT2D eigenvalue weighted by Gasteiger charge is 2.24. The van der Waals surface area contributed by atoms with Gasteiger partial charge in [-0.25, -0.2) is 4.39 Å². The molecule has 5 heteroatoms. The van der Waals surface area contributed by atoms with Crippen molar-refractivity contribution in [1.29, 1.82) is 0 Å². The van der Waals surface area contributed by atoms with Gasteiger partial charge in [0, 0.05) is 19.2 Å². The van der Waals surface area contributed by atoms with Gasteiger partial charge in [0.15, 0.2) is 0 Å². The molecule has 0 N–H and O–H groups in total. The van der Waals surface area contributed by atoms with E-state index in [1.165, 1.54) is 23.3 Å². The normalized spacial score (nSPS) is 14.8. The Morgan fingerprint density at radius 3 is 2.30 bits per heavy atom. The zero-order valence-electron chi connectivity index (χ0n) is 19.3. The van der Waals surface area contributed by atoms with Crippen LogP contribution in [0.5, 0.6) is 5.75 Å². The van der Waals surface area contributed by atoms with Crippen molar-refractivity contribution in [3.63, 3.8) is 0 Å². The number of methoxy groups -OCH3 is 1. The fraction of sp³-hybridized carbons (Fsp3) is 0.321. The predicted molar refractivity (Wildman–Crippen MR) is 130 cm³/mol. The Kier molecular flexibility index (Phi) is 7.40. The van der Waals surface area contributed by atoms with Crippen LogP contribution in [0, 0.1) is 5.82 Å². The van der Waals surface area contributed by atoms with Crippen molar-refractivity contribution in [2.24, 2.45) is 0 Å². The Bertz CT molecular complexity index is 1060. The molecular formula is C28H31FN2O2. The van der Waals surface area contributed by atoms with Gasteiger partial charge in [-0.3, -0.25) is 9.69 Å². The molecule has 1 fully saturated rings. The fourth-order valence-electron chi connectivity index (χ4n) is 4.64. The van der Waals surface area contributed by atoms with E-state index < -0.39 is 0 Å². The Hall–Kier alpha value is -3.18. The molecule has 0 bridgehead atoms. The lowest BCUT2D eigenvalue weighted by Gasteiger charge is -2.33. The van der Waals surface area contributed by atoms with Gasteiger partial charge in [-0.1, -0.05) is 36.4 Å². The van der Waals surface area contributed by atoms with Crippen molar-refractivity contribution in [1.82, 2.24) is 4.90 Å². The first-order valence-electron chi connectivity index (χ1n) is 11.5. The third kappa shape index (κ3) is 5.79. The molecule has 1 aliphatic rings. The van der Waals surface area contributed by atoms with Crippen LogP contribution in [0.2, 0.25) is 0 Å². The number of hydrogen-bond donors (Lipinski definition) is 0. The van der Waals surface area contributed by atoms with E-state index in [2.05, 4.69) is 29.2 Å². The van der Waals surface area contributed by atoms with Crippen molar-refractivity contribution in [2.45, 2.75) is 38.8 Å². The van der Waals surface area contributed by atoms with Gasteiger partial charge in [-0.2, -0.15) is 0 Å². The smallest absolute Gasteiger partial charge is 0.224 e. The Balaban J connectivity index is 1.44. The van der Waals surface area contributed by atoms with Crippen LogP contribution in [0.15, 0.2) is 72.8 Å². The molecule has 1 aliphatic heterocycles. The van der Waals surface area contributed by atoms with Gasteiger partial charge in [0.2, 0.25) is 5.91 Å². The molecule has 0 aliphatic carbocycles. The number of rotatable bonds is 7. The van der Waals surface area contributed by atoms with E-state index in [1.54, 1.807) is 14.0 Å². The van der Waals surface area contributed by atoms with E-state index in [1.807, 2.05) is 41.3 Å². The van der Waals surface area contributed by atoms with Crippen LogP contribution >= 0.6 is 0 Å². The summed E-state index contributed by atoms with van der Waals surface area (Å²) in [6, 6.07) is 22.9. The summed E-state index contributed by atoms with van der Waals surface area (Å²) in [7, 11) is 1.64. The zero-order valence-corrected chi connectivity index (χ0v) is 19.3. The number of amides is 1. The van der Waals surface area contributed by atoms with Gasteiger partial charge in [-0.05, 0) is 84.9 Å². The molecule has 1 saturated heterocycles. The summed E-state index contributed by atoms with van der Waals surface area (Å²) in [4.78, 5) is 16.8. The van der Waals surface area contributed by atoms with E-state index >= 15 is 0 Å². The van der Waals surface area contributed by atoms with Crippen LogP contribution in [-0.2, 0) is 17.9 Å². The number of nitrogens with zero attached hydrogens (tertiary/aromatic N) is 2. The molecule has 0 saturated carbocycles. The first-order valence-corrected chi connectivity index (χ1v) is 11.5. The van der Waals surface area contributed by atoms with E-state index in [4.69, 9.17) is 4.74 Å². The molecule has 3 aromatic carbocycles. The van der Waals surface area contributed by atoms with E-state index in [0.717, 1.165) is 49.5 Å². The summed E-state index contributed by atoms with van der Waals surface area (Å²) in [6.07, 6.45) is 2.14. The minimum absolute atomic E-state index is 0.0177. The van der Waals surface area contributed by atoms with Crippen molar-refractivity contribution in [3.8, 4) is 5.75 Å². The lowest BCUT2D eigenvalue weighted by Crippen LogP contribution is -2.33. The summed E-state index contributed by atoms with van der Waals surface area (Å²) in [6.45, 7) is 5.02. The summed E-state index contributed by atoms with van der Waals surface area (Å²) in [5.41, 5.74) is 4.54. The topological polar surface area (TPSA) is 32.8 Å². The third-order valence-electron chi connectivity index (χ3n) is 6.49. The second-order valence-corrected chi connectivity index (χ2v) is 8.68. The molecular weight excluding hydrogens is 415 g/mol. The van der Waals surface area contributed by atoms with E-state index in [9.17, 15) is 9.18 Å². The van der Waals surface area contributed by atoms with Crippen LogP contribution in [0.25, 0.3) is 0 Å². The Morgan fingerprint density at radius 1 is 1.00 bits per heavy atom. The molecule has 0 atom stereocenters. The average molecular weight is 447 g/mol. The van der Waals surface area contributed by atoms with Gasteiger partial charge in [0.25, 0.3) is 0 Å². The summed E-state index contributed by atoms with van der Waals surface area (Å²) in [5.74, 6) is 1.07. The van der Waals surface area contributed by atoms with Gasteiger partial charge in [0.05, 0.1) is 13.7 Å². The van der Waals surface area contributed by atoms with Gasteiger partial charge in [0.1, 0.15) is 11.6 Å². The van der Waals surface area contributed by atoms with Gasteiger partial charge in [-0.15, -0.1) is 0 Å². The van der Waals surface area contributed by atoms with Crippen LogP contribution < -0.4 is 9.64 Å². The van der Waals surface area contributed by atoms with Crippen LogP contribution in [-0.4, -0.2) is 31.0 Å². The average Bonchev–Trinajstić information content (AvgIpc) is 2.85. The molecule has 0 radical (unpaired) electrons. The number of hydrogen-bond acceptors (Lipinski definition) is 3. The first kappa shape index (κ1) is 23.0.